The van der Waals surface area contributed by atoms with E-state index in [-0.39, 0.29) is 25.1 Å². The summed E-state index contributed by atoms with van der Waals surface area (Å²) in [5.74, 6) is -0.520. The molecule has 1 atom stereocenters. The molecule has 23 heavy (non-hydrogen) atoms. The minimum absolute atomic E-state index is 0.0795. The Balaban J connectivity index is 1.69. The molecule has 0 bridgehead atoms. The maximum atomic E-state index is 12.2. The van der Waals surface area contributed by atoms with Crippen molar-refractivity contribution in [1.29, 1.82) is 0 Å². The van der Waals surface area contributed by atoms with E-state index in [2.05, 4.69) is 10.2 Å². The lowest BCUT2D eigenvalue weighted by Crippen LogP contribution is -2.46. The van der Waals surface area contributed by atoms with E-state index in [1.165, 1.54) is 12.8 Å². The summed E-state index contributed by atoms with van der Waals surface area (Å²) in [6.07, 6.45) is 4.74. The van der Waals surface area contributed by atoms with Crippen LogP contribution in [0.15, 0.2) is 30.3 Å². The van der Waals surface area contributed by atoms with Crippen molar-refractivity contribution in [2.75, 3.05) is 19.6 Å². The second kappa shape index (κ2) is 9.30. The third kappa shape index (κ3) is 6.02. The molecule has 1 aromatic rings. The van der Waals surface area contributed by atoms with Crippen molar-refractivity contribution in [3.05, 3.63) is 35.9 Å². The molecule has 5 heteroatoms. The van der Waals surface area contributed by atoms with Gasteiger partial charge in [-0.05, 0) is 38.4 Å². The SMILES string of the molecule is CC(C(=O)NCC(=O)OCc1ccccc1)N1CCCCCC1. The van der Waals surface area contributed by atoms with Crippen LogP contribution >= 0.6 is 0 Å². The number of ether oxygens (including phenoxy) is 1. The van der Waals surface area contributed by atoms with Gasteiger partial charge >= 0.3 is 5.97 Å². The molecule has 1 aromatic carbocycles. The van der Waals surface area contributed by atoms with Gasteiger partial charge in [0.2, 0.25) is 5.91 Å². The number of benzene rings is 1. The smallest absolute Gasteiger partial charge is 0.325 e. The Morgan fingerprint density at radius 2 is 1.78 bits per heavy atom. The largest absolute Gasteiger partial charge is 0.460 e. The van der Waals surface area contributed by atoms with Crippen LogP contribution in [0.25, 0.3) is 0 Å². The van der Waals surface area contributed by atoms with Gasteiger partial charge in [0.15, 0.2) is 0 Å². The average molecular weight is 318 g/mol. The van der Waals surface area contributed by atoms with Gasteiger partial charge in [-0.15, -0.1) is 0 Å². The Morgan fingerprint density at radius 1 is 1.13 bits per heavy atom. The first kappa shape index (κ1) is 17.5. The van der Waals surface area contributed by atoms with E-state index in [1.54, 1.807) is 0 Å². The standard InChI is InChI=1S/C18H26N2O3/c1-15(20-11-7-2-3-8-12-20)18(22)19-13-17(21)23-14-16-9-5-4-6-10-16/h4-6,9-10,15H,2-3,7-8,11-14H2,1H3,(H,19,22). The van der Waals surface area contributed by atoms with E-state index in [0.29, 0.717) is 0 Å². The fourth-order valence-electron chi connectivity index (χ4n) is 2.74. The third-order valence-electron chi connectivity index (χ3n) is 4.22. The van der Waals surface area contributed by atoms with E-state index in [0.717, 1.165) is 31.5 Å². The molecule has 0 saturated carbocycles. The molecule has 1 fully saturated rings. The minimum Gasteiger partial charge on any atom is -0.460 e. The zero-order chi connectivity index (χ0) is 16.5. The number of nitrogens with zero attached hydrogens (tertiary/aromatic N) is 1. The Labute approximate surface area is 138 Å². The second-order valence-electron chi connectivity index (χ2n) is 5.99. The average Bonchev–Trinajstić information content (AvgIpc) is 2.87. The number of esters is 1. The Morgan fingerprint density at radius 3 is 2.43 bits per heavy atom. The molecule has 1 aliphatic rings. The van der Waals surface area contributed by atoms with Crippen LogP contribution in [0.2, 0.25) is 0 Å². The summed E-state index contributed by atoms with van der Waals surface area (Å²) in [4.78, 5) is 26.1. The Kier molecular flexibility index (Phi) is 7.07. The molecular weight excluding hydrogens is 292 g/mol. The summed E-state index contributed by atoms with van der Waals surface area (Å²) < 4.78 is 5.16. The first-order valence-electron chi connectivity index (χ1n) is 8.38. The summed E-state index contributed by atoms with van der Waals surface area (Å²) in [7, 11) is 0. The highest BCUT2D eigenvalue weighted by Gasteiger charge is 2.22. The molecule has 0 radical (unpaired) electrons. The van der Waals surface area contributed by atoms with Crippen LogP contribution in [0.1, 0.15) is 38.2 Å². The maximum absolute atomic E-state index is 12.2. The molecule has 1 aliphatic heterocycles. The van der Waals surface area contributed by atoms with E-state index in [9.17, 15) is 9.59 Å². The van der Waals surface area contributed by atoms with Gasteiger partial charge < -0.3 is 10.1 Å². The highest BCUT2D eigenvalue weighted by atomic mass is 16.5. The summed E-state index contributed by atoms with van der Waals surface area (Å²) in [6, 6.07) is 9.30. The predicted molar refractivity (Wildman–Crippen MR) is 88.8 cm³/mol. The van der Waals surface area contributed by atoms with Gasteiger partial charge in [0, 0.05) is 0 Å². The van der Waals surface area contributed by atoms with Crippen LogP contribution < -0.4 is 5.32 Å². The summed E-state index contributed by atoms with van der Waals surface area (Å²) in [6.45, 7) is 3.96. The van der Waals surface area contributed by atoms with Gasteiger partial charge in [-0.1, -0.05) is 43.2 Å². The van der Waals surface area contributed by atoms with Gasteiger partial charge in [-0.2, -0.15) is 0 Å². The number of amides is 1. The molecule has 0 aromatic heterocycles. The van der Waals surface area contributed by atoms with Gasteiger partial charge in [0.25, 0.3) is 0 Å². The number of nitrogens with one attached hydrogen (secondary N) is 1. The fraction of sp³-hybridized carbons (Fsp3) is 0.556. The van der Waals surface area contributed by atoms with Crippen LogP contribution in [-0.2, 0) is 20.9 Å². The molecule has 2 rings (SSSR count). The number of carbonyl (C=O) groups is 2. The summed E-state index contributed by atoms with van der Waals surface area (Å²) in [5, 5.41) is 2.68. The lowest BCUT2D eigenvalue weighted by atomic mass is 10.2. The predicted octanol–water partition coefficient (Wildman–Crippen LogP) is 2.11. The highest BCUT2D eigenvalue weighted by molar-refractivity contribution is 5.85. The zero-order valence-electron chi connectivity index (χ0n) is 13.8. The zero-order valence-corrected chi connectivity index (χ0v) is 13.8. The van der Waals surface area contributed by atoms with Gasteiger partial charge in [-0.25, -0.2) is 0 Å². The number of carbonyl (C=O) groups excluding carboxylic acids is 2. The van der Waals surface area contributed by atoms with E-state index < -0.39 is 5.97 Å². The molecular formula is C18H26N2O3. The number of hydrogen-bond donors (Lipinski definition) is 1. The molecule has 126 valence electrons. The van der Waals surface area contributed by atoms with Crippen LogP contribution in [0.5, 0.6) is 0 Å². The van der Waals surface area contributed by atoms with Crippen LogP contribution in [0.4, 0.5) is 0 Å². The van der Waals surface area contributed by atoms with Gasteiger partial charge in [0.1, 0.15) is 13.2 Å². The van der Waals surface area contributed by atoms with Crippen molar-refractivity contribution in [2.24, 2.45) is 0 Å². The third-order valence-corrected chi connectivity index (χ3v) is 4.22. The molecule has 1 amide bonds. The number of hydrogen-bond acceptors (Lipinski definition) is 4. The molecule has 1 heterocycles. The number of rotatable bonds is 6. The van der Waals surface area contributed by atoms with Crippen LogP contribution in [-0.4, -0.2) is 42.5 Å². The normalized spacial score (nSPS) is 17.1. The Bertz CT molecular complexity index is 496. The fourth-order valence-corrected chi connectivity index (χ4v) is 2.74. The van der Waals surface area contributed by atoms with Crippen molar-refractivity contribution < 1.29 is 14.3 Å². The minimum atomic E-state index is -0.412. The monoisotopic (exact) mass is 318 g/mol. The van der Waals surface area contributed by atoms with Gasteiger partial charge in [0.05, 0.1) is 6.04 Å². The van der Waals surface area contributed by atoms with Crippen LogP contribution in [0, 0.1) is 0 Å². The van der Waals surface area contributed by atoms with Crippen molar-refractivity contribution in [3.63, 3.8) is 0 Å². The molecule has 0 spiro atoms. The van der Waals surface area contributed by atoms with E-state index in [1.807, 2.05) is 37.3 Å². The molecule has 1 saturated heterocycles. The summed E-state index contributed by atoms with van der Waals surface area (Å²) >= 11 is 0. The van der Waals surface area contributed by atoms with E-state index in [4.69, 9.17) is 4.74 Å². The first-order chi connectivity index (χ1) is 11.2. The van der Waals surface area contributed by atoms with Crippen molar-refractivity contribution in [2.45, 2.75) is 45.3 Å². The topological polar surface area (TPSA) is 58.6 Å². The quantitative estimate of drug-likeness (QED) is 0.816. The first-order valence-corrected chi connectivity index (χ1v) is 8.38. The van der Waals surface area contributed by atoms with Crippen molar-refractivity contribution >= 4 is 11.9 Å². The molecule has 1 N–H and O–H groups in total. The number of likely N-dealkylation sites (tertiary alicyclic amines) is 1. The lowest BCUT2D eigenvalue weighted by molar-refractivity contribution is -0.145. The molecule has 1 unspecified atom stereocenters. The lowest BCUT2D eigenvalue weighted by Gasteiger charge is -2.26. The van der Waals surface area contributed by atoms with Crippen molar-refractivity contribution in [1.82, 2.24) is 10.2 Å². The van der Waals surface area contributed by atoms with E-state index >= 15 is 0 Å². The maximum Gasteiger partial charge on any atom is 0.325 e. The molecule has 5 nitrogen and oxygen atoms in total. The second-order valence-corrected chi connectivity index (χ2v) is 5.99. The van der Waals surface area contributed by atoms with Gasteiger partial charge in [-0.3, -0.25) is 14.5 Å². The van der Waals surface area contributed by atoms with Crippen molar-refractivity contribution in [3.8, 4) is 0 Å². The molecule has 0 aliphatic carbocycles. The van der Waals surface area contributed by atoms with Crippen LogP contribution in [0.3, 0.4) is 0 Å². The Hall–Kier alpha value is -1.88. The highest BCUT2D eigenvalue weighted by Crippen LogP contribution is 2.12. The summed E-state index contributed by atoms with van der Waals surface area (Å²) in [5.41, 5.74) is 0.935.